The highest BCUT2D eigenvalue weighted by atomic mass is 16.5. The molecule has 1 aliphatic heterocycles. The van der Waals surface area contributed by atoms with Crippen LogP contribution in [0.2, 0.25) is 0 Å². The molecule has 2 aromatic rings. The summed E-state index contributed by atoms with van der Waals surface area (Å²) in [6.45, 7) is 5.22. The van der Waals surface area contributed by atoms with Crippen LogP contribution in [0.15, 0.2) is 40.9 Å². The minimum atomic E-state index is -0.679. The van der Waals surface area contributed by atoms with Crippen molar-refractivity contribution in [3.05, 3.63) is 42.2 Å². The molecule has 0 N–H and O–H groups in total. The Bertz CT molecular complexity index is 844. The predicted molar refractivity (Wildman–Crippen MR) is 112 cm³/mol. The first kappa shape index (κ1) is 21.1. The van der Waals surface area contributed by atoms with Crippen molar-refractivity contribution in [3.63, 3.8) is 0 Å². The molecule has 1 saturated heterocycles. The standard InChI is InChI=1S/C23H31N3O3/c1-17(2)13-21(27)26-12-8-11-23(16-26,22(28)25(3)4)15-19-14-20(24-29-19)18-9-6-5-7-10-18/h5-7,9-10,14,17H,8,11-13,15-16H2,1-4H3/t23-/m1/s1. The molecule has 156 valence electrons. The van der Waals surface area contributed by atoms with Crippen molar-refractivity contribution in [2.75, 3.05) is 27.2 Å². The Morgan fingerprint density at radius 3 is 2.62 bits per heavy atom. The average Bonchev–Trinajstić information content (AvgIpc) is 3.16. The van der Waals surface area contributed by atoms with E-state index in [0.29, 0.717) is 37.6 Å². The van der Waals surface area contributed by atoms with E-state index in [-0.39, 0.29) is 11.8 Å². The molecular weight excluding hydrogens is 366 g/mol. The molecule has 0 unspecified atom stereocenters. The van der Waals surface area contributed by atoms with E-state index >= 15 is 0 Å². The van der Waals surface area contributed by atoms with Crippen molar-refractivity contribution in [2.24, 2.45) is 11.3 Å². The van der Waals surface area contributed by atoms with E-state index in [4.69, 9.17) is 4.52 Å². The van der Waals surface area contributed by atoms with Crippen molar-refractivity contribution >= 4 is 11.8 Å². The molecule has 6 heteroatoms. The van der Waals surface area contributed by atoms with Crippen LogP contribution in [-0.2, 0) is 16.0 Å². The molecule has 3 rings (SSSR count). The molecule has 1 aliphatic rings. The number of hydrogen-bond acceptors (Lipinski definition) is 4. The summed E-state index contributed by atoms with van der Waals surface area (Å²) in [7, 11) is 3.55. The Balaban J connectivity index is 1.85. The van der Waals surface area contributed by atoms with E-state index in [1.165, 1.54) is 0 Å². The third-order valence-electron chi connectivity index (χ3n) is 5.51. The van der Waals surface area contributed by atoms with Gasteiger partial charge in [0.05, 0.1) is 5.41 Å². The number of aromatic nitrogens is 1. The Kier molecular flexibility index (Phi) is 6.40. The molecule has 0 radical (unpaired) electrons. The normalized spacial score (nSPS) is 19.4. The SMILES string of the molecule is CC(C)CC(=O)N1CCC[C@](Cc2cc(-c3ccccc3)no2)(C(=O)N(C)C)C1. The highest BCUT2D eigenvalue weighted by Gasteiger charge is 2.45. The molecule has 1 aromatic heterocycles. The molecule has 1 atom stereocenters. The minimum Gasteiger partial charge on any atom is -0.361 e. The van der Waals surface area contributed by atoms with Crippen LogP contribution in [0.5, 0.6) is 0 Å². The lowest BCUT2D eigenvalue weighted by atomic mass is 9.75. The van der Waals surface area contributed by atoms with Gasteiger partial charge in [0.15, 0.2) is 0 Å². The number of carbonyl (C=O) groups is 2. The van der Waals surface area contributed by atoms with Gasteiger partial charge in [0, 0.05) is 51.7 Å². The second-order valence-corrected chi connectivity index (χ2v) is 8.72. The molecule has 0 aliphatic carbocycles. The van der Waals surface area contributed by atoms with Crippen LogP contribution < -0.4 is 0 Å². The van der Waals surface area contributed by atoms with E-state index in [0.717, 1.165) is 24.1 Å². The van der Waals surface area contributed by atoms with Crippen molar-refractivity contribution < 1.29 is 14.1 Å². The number of amides is 2. The number of nitrogens with zero attached hydrogens (tertiary/aromatic N) is 3. The van der Waals surface area contributed by atoms with Gasteiger partial charge in [-0.1, -0.05) is 49.3 Å². The van der Waals surface area contributed by atoms with Gasteiger partial charge in [-0.2, -0.15) is 0 Å². The summed E-state index contributed by atoms with van der Waals surface area (Å²) < 4.78 is 5.61. The summed E-state index contributed by atoms with van der Waals surface area (Å²) in [5.74, 6) is 1.14. The van der Waals surface area contributed by atoms with E-state index in [1.807, 2.05) is 55.1 Å². The summed E-state index contributed by atoms with van der Waals surface area (Å²) >= 11 is 0. The fourth-order valence-electron chi connectivity index (χ4n) is 4.17. The number of carbonyl (C=O) groups excluding carboxylic acids is 2. The lowest BCUT2D eigenvalue weighted by molar-refractivity contribution is -0.147. The average molecular weight is 398 g/mol. The van der Waals surface area contributed by atoms with Gasteiger partial charge in [0.1, 0.15) is 11.5 Å². The zero-order valence-electron chi connectivity index (χ0n) is 17.9. The lowest BCUT2D eigenvalue weighted by Crippen LogP contribution is -2.54. The summed E-state index contributed by atoms with van der Waals surface area (Å²) in [5.41, 5.74) is 1.06. The third kappa shape index (κ3) is 4.86. The van der Waals surface area contributed by atoms with Gasteiger partial charge in [-0.15, -0.1) is 0 Å². The molecule has 0 saturated carbocycles. The van der Waals surface area contributed by atoms with Crippen LogP contribution in [0.25, 0.3) is 11.3 Å². The Morgan fingerprint density at radius 1 is 1.24 bits per heavy atom. The molecule has 29 heavy (non-hydrogen) atoms. The first-order valence-corrected chi connectivity index (χ1v) is 10.3. The smallest absolute Gasteiger partial charge is 0.230 e. The van der Waals surface area contributed by atoms with E-state index in [2.05, 4.69) is 5.16 Å². The van der Waals surface area contributed by atoms with Gasteiger partial charge in [0.2, 0.25) is 11.8 Å². The molecule has 6 nitrogen and oxygen atoms in total. The molecule has 2 heterocycles. The maximum absolute atomic E-state index is 13.2. The first-order chi connectivity index (χ1) is 13.8. The van der Waals surface area contributed by atoms with Crippen LogP contribution >= 0.6 is 0 Å². The number of benzene rings is 1. The zero-order valence-corrected chi connectivity index (χ0v) is 17.9. The molecule has 1 aromatic carbocycles. The van der Waals surface area contributed by atoms with Crippen LogP contribution in [0.4, 0.5) is 0 Å². The molecular formula is C23H31N3O3. The molecule has 0 spiro atoms. The van der Waals surface area contributed by atoms with Crippen molar-refractivity contribution in [3.8, 4) is 11.3 Å². The molecule has 1 fully saturated rings. The number of likely N-dealkylation sites (tertiary alicyclic amines) is 1. The lowest BCUT2D eigenvalue weighted by Gasteiger charge is -2.42. The summed E-state index contributed by atoms with van der Waals surface area (Å²) in [6.07, 6.45) is 2.49. The van der Waals surface area contributed by atoms with Gasteiger partial charge >= 0.3 is 0 Å². The topological polar surface area (TPSA) is 66.7 Å². The summed E-state index contributed by atoms with van der Waals surface area (Å²) in [6, 6.07) is 11.7. The number of piperidine rings is 1. The van der Waals surface area contributed by atoms with Crippen LogP contribution in [0.1, 0.15) is 38.9 Å². The monoisotopic (exact) mass is 397 g/mol. The largest absolute Gasteiger partial charge is 0.361 e. The van der Waals surface area contributed by atoms with Gasteiger partial charge < -0.3 is 14.3 Å². The second kappa shape index (κ2) is 8.80. The van der Waals surface area contributed by atoms with Crippen molar-refractivity contribution in [1.82, 2.24) is 15.0 Å². The Labute approximate surface area is 172 Å². The number of rotatable bonds is 6. The minimum absolute atomic E-state index is 0.0391. The first-order valence-electron chi connectivity index (χ1n) is 10.3. The van der Waals surface area contributed by atoms with Gasteiger partial charge in [0.25, 0.3) is 0 Å². The third-order valence-corrected chi connectivity index (χ3v) is 5.51. The van der Waals surface area contributed by atoms with Gasteiger partial charge in [-0.05, 0) is 18.8 Å². The van der Waals surface area contributed by atoms with Crippen LogP contribution in [-0.4, -0.2) is 54.0 Å². The Hall–Kier alpha value is -2.63. The quantitative estimate of drug-likeness (QED) is 0.747. The highest BCUT2D eigenvalue weighted by molar-refractivity contribution is 5.84. The van der Waals surface area contributed by atoms with E-state index < -0.39 is 5.41 Å². The second-order valence-electron chi connectivity index (χ2n) is 8.72. The maximum atomic E-state index is 13.2. The van der Waals surface area contributed by atoms with Crippen LogP contribution in [0.3, 0.4) is 0 Å². The van der Waals surface area contributed by atoms with Gasteiger partial charge in [-0.3, -0.25) is 9.59 Å². The van der Waals surface area contributed by atoms with Crippen molar-refractivity contribution in [1.29, 1.82) is 0 Å². The summed E-state index contributed by atoms with van der Waals surface area (Å²) in [4.78, 5) is 29.4. The van der Waals surface area contributed by atoms with Crippen LogP contribution in [0, 0.1) is 11.3 Å². The van der Waals surface area contributed by atoms with Gasteiger partial charge in [-0.25, -0.2) is 0 Å². The van der Waals surface area contributed by atoms with Crippen molar-refractivity contribution in [2.45, 2.75) is 39.5 Å². The summed E-state index contributed by atoms with van der Waals surface area (Å²) in [5, 5.41) is 4.20. The van der Waals surface area contributed by atoms with E-state index in [9.17, 15) is 9.59 Å². The Morgan fingerprint density at radius 2 is 1.97 bits per heavy atom. The van der Waals surface area contributed by atoms with E-state index in [1.54, 1.807) is 19.0 Å². The highest BCUT2D eigenvalue weighted by Crippen LogP contribution is 2.36. The fraction of sp³-hybridized carbons (Fsp3) is 0.522. The predicted octanol–water partition coefficient (Wildman–Crippen LogP) is 3.63. The maximum Gasteiger partial charge on any atom is 0.230 e. The molecule has 2 amide bonds. The number of hydrogen-bond donors (Lipinski definition) is 0. The zero-order chi connectivity index (χ0) is 21.0. The molecule has 0 bridgehead atoms. The fourth-order valence-corrected chi connectivity index (χ4v) is 4.17.